The second kappa shape index (κ2) is 7.38. The van der Waals surface area contributed by atoms with Crippen LogP contribution in [0.25, 0.3) is 10.9 Å². The summed E-state index contributed by atoms with van der Waals surface area (Å²) in [5, 5.41) is 3.76. The average Bonchev–Trinajstić information content (AvgIpc) is 3.27. The van der Waals surface area contributed by atoms with Crippen LogP contribution in [-0.4, -0.2) is 41.4 Å². The van der Waals surface area contributed by atoms with Crippen LogP contribution in [0.1, 0.15) is 28.0 Å². The van der Waals surface area contributed by atoms with Gasteiger partial charge in [-0.2, -0.15) is 0 Å². The molecule has 144 valence electrons. The number of hydrogen-bond acceptors (Lipinski definition) is 3. The van der Waals surface area contributed by atoms with Gasteiger partial charge in [0.05, 0.1) is 7.11 Å². The van der Waals surface area contributed by atoms with E-state index in [-0.39, 0.29) is 11.8 Å². The Kier molecular flexibility index (Phi) is 4.77. The van der Waals surface area contributed by atoms with Gasteiger partial charge in [0.2, 0.25) is 5.91 Å². The molecule has 1 aliphatic rings. The van der Waals surface area contributed by atoms with Crippen LogP contribution in [0.2, 0.25) is 0 Å². The molecule has 2 amide bonds. The first-order valence-electron chi connectivity index (χ1n) is 9.35. The van der Waals surface area contributed by atoms with Crippen LogP contribution in [0.4, 0.5) is 0 Å². The summed E-state index contributed by atoms with van der Waals surface area (Å²) < 4.78 is 5.22. The number of aromatic nitrogens is 1. The minimum absolute atomic E-state index is 0.0355. The second-order valence-electron chi connectivity index (χ2n) is 7.20. The molecule has 0 aliphatic carbocycles. The van der Waals surface area contributed by atoms with Gasteiger partial charge in [-0.1, -0.05) is 29.8 Å². The number of ether oxygens (including phenoxy) is 1. The third-order valence-electron chi connectivity index (χ3n) is 5.17. The molecular formula is C22H23N3O3. The van der Waals surface area contributed by atoms with Gasteiger partial charge in [0.15, 0.2) is 0 Å². The molecule has 6 heteroatoms. The standard InChI is InChI=1S/C22H23N3O3/c1-14-3-5-15(6-4-14)13-25-10-9-19(22(25)27)24-21(26)20-12-16-11-17(28-2)7-8-18(16)23-20/h3-8,11-12,19,23H,9-10,13H2,1-2H3,(H,24,26)/t19-/m0/s1. The van der Waals surface area contributed by atoms with E-state index < -0.39 is 6.04 Å². The van der Waals surface area contributed by atoms with Gasteiger partial charge in [-0.25, -0.2) is 0 Å². The molecule has 0 saturated carbocycles. The Balaban J connectivity index is 1.42. The lowest BCUT2D eigenvalue weighted by atomic mass is 10.1. The summed E-state index contributed by atoms with van der Waals surface area (Å²) in [6.07, 6.45) is 0.616. The van der Waals surface area contributed by atoms with Gasteiger partial charge in [0.1, 0.15) is 17.5 Å². The van der Waals surface area contributed by atoms with Gasteiger partial charge < -0.3 is 19.9 Å². The van der Waals surface area contributed by atoms with Gasteiger partial charge in [0.25, 0.3) is 5.91 Å². The molecule has 3 aromatic rings. The van der Waals surface area contributed by atoms with Gasteiger partial charge in [-0.05, 0) is 43.2 Å². The topological polar surface area (TPSA) is 74.4 Å². The quantitative estimate of drug-likeness (QED) is 0.718. The second-order valence-corrected chi connectivity index (χ2v) is 7.20. The van der Waals surface area contributed by atoms with Crippen LogP contribution >= 0.6 is 0 Å². The zero-order chi connectivity index (χ0) is 19.7. The van der Waals surface area contributed by atoms with Crippen molar-refractivity contribution in [2.75, 3.05) is 13.7 Å². The van der Waals surface area contributed by atoms with E-state index in [1.165, 1.54) is 5.56 Å². The number of nitrogens with zero attached hydrogens (tertiary/aromatic N) is 1. The number of carbonyl (C=O) groups is 2. The first kappa shape index (κ1) is 18.1. The van der Waals surface area contributed by atoms with Crippen molar-refractivity contribution in [1.82, 2.24) is 15.2 Å². The van der Waals surface area contributed by atoms with Crippen LogP contribution in [0, 0.1) is 6.92 Å². The predicted molar refractivity (Wildman–Crippen MR) is 107 cm³/mol. The molecule has 1 saturated heterocycles. The minimum Gasteiger partial charge on any atom is -0.497 e. The summed E-state index contributed by atoms with van der Waals surface area (Å²) >= 11 is 0. The van der Waals surface area contributed by atoms with Crippen molar-refractivity contribution >= 4 is 22.7 Å². The Labute approximate surface area is 163 Å². The van der Waals surface area contributed by atoms with Crippen LogP contribution in [-0.2, 0) is 11.3 Å². The van der Waals surface area contributed by atoms with Gasteiger partial charge >= 0.3 is 0 Å². The Bertz CT molecular complexity index is 1020. The fraction of sp³-hybridized carbons (Fsp3) is 0.273. The van der Waals surface area contributed by atoms with Crippen molar-refractivity contribution in [2.24, 2.45) is 0 Å². The number of H-pyrrole nitrogens is 1. The van der Waals surface area contributed by atoms with E-state index in [4.69, 9.17) is 4.74 Å². The number of aromatic amines is 1. The molecule has 1 fully saturated rings. The largest absolute Gasteiger partial charge is 0.497 e. The fourth-order valence-corrected chi connectivity index (χ4v) is 3.54. The number of amides is 2. The number of hydrogen-bond donors (Lipinski definition) is 2. The van der Waals surface area contributed by atoms with Crippen LogP contribution in [0.3, 0.4) is 0 Å². The third-order valence-corrected chi connectivity index (χ3v) is 5.17. The summed E-state index contributed by atoms with van der Waals surface area (Å²) in [5.74, 6) is 0.425. The van der Waals surface area contributed by atoms with Crippen molar-refractivity contribution in [2.45, 2.75) is 25.9 Å². The van der Waals surface area contributed by atoms with Crippen molar-refractivity contribution in [3.05, 3.63) is 65.4 Å². The normalized spacial score (nSPS) is 16.6. The molecule has 0 spiro atoms. The maximum atomic E-state index is 12.7. The molecule has 1 atom stereocenters. The lowest BCUT2D eigenvalue weighted by Crippen LogP contribution is -2.41. The Morgan fingerprint density at radius 1 is 1.21 bits per heavy atom. The maximum absolute atomic E-state index is 12.7. The molecule has 0 unspecified atom stereocenters. The monoisotopic (exact) mass is 377 g/mol. The average molecular weight is 377 g/mol. The van der Waals surface area contributed by atoms with Gasteiger partial charge in [-0.15, -0.1) is 0 Å². The lowest BCUT2D eigenvalue weighted by Gasteiger charge is -2.17. The maximum Gasteiger partial charge on any atom is 0.268 e. The highest BCUT2D eigenvalue weighted by Crippen LogP contribution is 2.22. The van der Waals surface area contributed by atoms with E-state index in [0.717, 1.165) is 22.2 Å². The third kappa shape index (κ3) is 3.58. The van der Waals surface area contributed by atoms with E-state index >= 15 is 0 Å². The fourth-order valence-electron chi connectivity index (χ4n) is 3.54. The van der Waals surface area contributed by atoms with Crippen LogP contribution < -0.4 is 10.1 Å². The smallest absolute Gasteiger partial charge is 0.268 e. The molecule has 1 aromatic heterocycles. The summed E-state index contributed by atoms with van der Waals surface area (Å²) in [4.78, 5) is 30.2. The number of carbonyl (C=O) groups excluding carboxylic acids is 2. The number of benzene rings is 2. The summed E-state index contributed by atoms with van der Waals surface area (Å²) in [7, 11) is 1.61. The van der Waals surface area contributed by atoms with E-state index in [1.54, 1.807) is 18.1 Å². The highest BCUT2D eigenvalue weighted by molar-refractivity contribution is 6.00. The minimum atomic E-state index is -0.487. The summed E-state index contributed by atoms with van der Waals surface area (Å²) in [6.45, 7) is 3.25. The Hall–Kier alpha value is -3.28. The van der Waals surface area contributed by atoms with Gasteiger partial charge in [0, 0.05) is 24.0 Å². The van der Waals surface area contributed by atoms with E-state index in [1.807, 2.05) is 49.4 Å². The summed E-state index contributed by atoms with van der Waals surface area (Å²) in [6, 6.07) is 15.0. The first-order valence-corrected chi connectivity index (χ1v) is 9.35. The van der Waals surface area contributed by atoms with Crippen molar-refractivity contribution < 1.29 is 14.3 Å². The molecule has 4 rings (SSSR count). The van der Waals surface area contributed by atoms with Crippen molar-refractivity contribution in [3.8, 4) is 5.75 Å². The Morgan fingerprint density at radius 3 is 2.75 bits per heavy atom. The number of rotatable bonds is 5. The van der Waals surface area contributed by atoms with Crippen molar-refractivity contribution in [1.29, 1.82) is 0 Å². The van der Waals surface area contributed by atoms with Crippen LogP contribution in [0.5, 0.6) is 5.75 Å². The SMILES string of the molecule is COc1ccc2[nH]c(C(=O)N[C@H]3CCN(Cc4ccc(C)cc4)C3=O)cc2c1. The molecule has 0 bridgehead atoms. The zero-order valence-electron chi connectivity index (χ0n) is 16.0. The predicted octanol–water partition coefficient (Wildman–Crippen LogP) is 3.02. The highest BCUT2D eigenvalue weighted by Gasteiger charge is 2.33. The molecular weight excluding hydrogens is 354 g/mol. The van der Waals surface area contributed by atoms with E-state index in [2.05, 4.69) is 10.3 Å². The molecule has 0 radical (unpaired) electrons. The number of likely N-dealkylation sites (tertiary alicyclic amines) is 1. The van der Waals surface area contributed by atoms with Gasteiger partial charge in [-0.3, -0.25) is 9.59 Å². The molecule has 2 N–H and O–H groups in total. The molecule has 6 nitrogen and oxygen atoms in total. The van der Waals surface area contributed by atoms with Crippen molar-refractivity contribution in [3.63, 3.8) is 0 Å². The van der Waals surface area contributed by atoms with Crippen LogP contribution in [0.15, 0.2) is 48.5 Å². The highest BCUT2D eigenvalue weighted by atomic mass is 16.5. The molecule has 1 aliphatic heterocycles. The first-order chi connectivity index (χ1) is 13.5. The molecule has 28 heavy (non-hydrogen) atoms. The zero-order valence-corrected chi connectivity index (χ0v) is 16.0. The van der Waals surface area contributed by atoms with E-state index in [0.29, 0.717) is 25.2 Å². The number of nitrogens with one attached hydrogen (secondary N) is 2. The number of aryl methyl sites for hydroxylation is 1. The lowest BCUT2D eigenvalue weighted by molar-refractivity contribution is -0.129. The molecule has 2 aromatic carbocycles. The number of fused-ring (bicyclic) bond motifs is 1. The summed E-state index contributed by atoms with van der Waals surface area (Å²) in [5.41, 5.74) is 3.57. The molecule has 2 heterocycles. The van der Waals surface area contributed by atoms with E-state index in [9.17, 15) is 9.59 Å². The number of methoxy groups -OCH3 is 1. The Morgan fingerprint density at radius 2 is 2.00 bits per heavy atom.